The summed E-state index contributed by atoms with van der Waals surface area (Å²) in [4.78, 5) is 0. The highest BCUT2D eigenvalue weighted by atomic mass is 16.6. The molecule has 19 heavy (non-hydrogen) atoms. The Morgan fingerprint density at radius 1 is 0.947 bits per heavy atom. The first-order valence-electron chi connectivity index (χ1n) is 7.21. The molecule has 0 aromatic carbocycles. The summed E-state index contributed by atoms with van der Waals surface area (Å²) in [6.07, 6.45) is 7.25. The first kappa shape index (κ1) is 14.8. The summed E-state index contributed by atoms with van der Waals surface area (Å²) >= 11 is 0. The van der Waals surface area contributed by atoms with Crippen molar-refractivity contribution in [2.24, 2.45) is 0 Å². The van der Waals surface area contributed by atoms with Crippen molar-refractivity contribution in [3.63, 3.8) is 0 Å². The van der Waals surface area contributed by atoms with E-state index in [0.717, 1.165) is 26.1 Å². The fourth-order valence-corrected chi connectivity index (χ4v) is 2.06. The molecule has 0 aromatic rings. The fourth-order valence-electron chi connectivity index (χ4n) is 2.06. The fraction of sp³-hybridized carbons (Fsp3) is 0.750. The summed E-state index contributed by atoms with van der Waals surface area (Å²) in [5.41, 5.74) is 2.66. The highest BCUT2D eigenvalue weighted by molar-refractivity contribution is 5.00. The van der Waals surface area contributed by atoms with Gasteiger partial charge >= 0.3 is 0 Å². The molecular weight excluding hydrogens is 240 g/mol. The predicted octanol–water partition coefficient (Wildman–Crippen LogP) is 3.25. The standard InChI is InChI=1S/C16H26O3/c1-11(2)5-7-13(15-9-17-15)19-14(16-10-18-16)8-6-12(3)4/h5-6,13-16H,7-10H2,1-4H3. The maximum absolute atomic E-state index is 6.26. The van der Waals surface area contributed by atoms with Crippen molar-refractivity contribution in [1.29, 1.82) is 0 Å². The van der Waals surface area contributed by atoms with Crippen molar-refractivity contribution >= 4 is 0 Å². The lowest BCUT2D eigenvalue weighted by atomic mass is 10.1. The Bertz CT molecular complexity index is 309. The molecule has 0 aromatic heterocycles. The zero-order chi connectivity index (χ0) is 13.8. The molecular formula is C16H26O3. The highest BCUT2D eigenvalue weighted by Crippen LogP contribution is 2.28. The number of hydrogen-bond acceptors (Lipinski definition) is 3. The second kappa shape index (κ2) is 6.69. The van der Waals surface area contributed by atoms with Gasteiger partial charge in [-0.25, -0.2) is 0 Å². The van der Waals surface area contributed by atoms with Crippen molar-refractivity contribution in [3.8, 4) is 0 Å². The van der Waals surface area contributed by atoms with E-state index in [-0.39, 0.29) is 24.4 Å². The number of hydrogen-bond donors (Lipinski definition) is 0. The summed E-state index contributed by atoms with van der Waals surface area (Å²) in [6, 6.07) is 0. The molecule has 108 valence electrons. The van der Waals surface area contributed by atoms with Gasteiger partial charge in [-0.2, -0.15) is 0 Å². The Morgan fingerprint density at radius 3 is 1.58 bits per heavy atom. The minimum atomic E-state index is 0.176. The highest BCUT2D eigenvalue weighted by Gasteiger charge is 2.39. The van der Waals surface area contributed by atoms with Crippen LogP contribution in [0.1, 0.15) is 40.5 Å². The van der Waals surface area contributed by atoms with Gasteiger partial charge in [-0.15, -0.1) is 0 Å². The third kappa shape index (κ3) is 5.47. The van der Waals surface area contributed by atoms with Crippen molar-refractivity contribution < 1.29 is 14.2 Å². The van der Waals surface area contributed by atoms with Gasteiger partial charge in [0.2, 0.25) is 0 Å². The largest absolute Gasteiger partial charge is 0.370 e. The molecule has 0 N–H and O–H groups in total. The van der Waals surface area contributed by atoms with E-state index >= 15 is 0 Å². The van der Waals surface area contributed by atoms with Crippen LogP contribution in [0.3, 0.4) is 0 Å². The molecule has 2 fully saturated rings. The number of allylic oxidation sites excluding steroid dienone is 2. The molecule has 0 bridgehead atoms. The number of rotatable bonds is 8. The van der Waals surface area contributed by atoms with E-state index < -0.39 is 0 Å². The van der Waals surface area contributed by atoms with Gasteiger partial charge < -0.3 is 14.2 Å². The summed E-state index contributed by atoms with van der Waals surface area (Å²) < 4.78 is 17.1. The van der Waals surface area contributed by atoms with E-state index in [1.165, 1.54) is 11.1 Å². The molecule has 2 saturated heterocycles. The molecule has 4 atom stereocenters. The van der Waals surface area contributed by atoms with Gasteiger partial charge in [0.1, 0.15) is 12.2 Å². The van der Waals surface area contributed by atoms with Gasteiger partial charge in [0.15, 0.2) is 0 Å². The quantitative estimate of drug-likeness (QED) is 0.499. The van der Waals surface area contributed by atoms with Gasteiger partial charge in [-0.3, -0.25) is 0 Å². The second-order valence-corrected chi connectivity index (χ2v) is 5.99. The number of ether oxygens (including phenoxy) is 3. The molecule has 0 saturated carbocycles. The minimum Gasteiger partial charge on any atom is -0.370 e. The maximum Gasteiger partial charge on any atom is 0.107 e. The van der Waals surface area contributed by atoms with Crippen molar-refractivity contribution in [1.82, 2.24) is 0 Å². The summed E-state index contributed by atoms with van der Waals surface area (Å²) in [6.45, 7) is 10.2. The molecule has 3 nitrogen and oxygen atoms in total. The Kier molecular flexibility index (Phi) is 5.20. The molecule has 0 spiro atoms. The van der Waals surface area contributed by atoms with Crippen LogP contribution in [0.2, 0.25) is 0 Å². The van der Waals surface area contributed by atoms with Crippen LogP contribution in [0.15, 0.2) is 23.3 Å². The molecule has 3 heteroatoms. The molecule has 2 aliphatic rings. The second-order valence-electron chi connectivity index (χ2n) is 5.99. The third-order valence-electron chi connectivity index (χ3n) is 3.41. The Labute approximate surface area is 116 Å². The van der Waals surface area contributed by atoms with E-state index in [1.54, 1.807) is 0 Å². The van der Waals surface area contributed by atoms with E-state index in [1.807, 2.05) is 0 Å². The zero-order valence-electron chi connectivity index (χ0n) is 12.5. The summed E-state index contributed by atoms with van der Waals surface area (Å²) in [5, 5.41) is 0. The first-order chi connectivity index (χ1) is 9.06. The minimum absolute atomic E-state index is 0.176. The Balaban J connectivity index is 1.89. The van der Waals surface area contributed by atoms with E-state index in [4.69, 9.17) is 14.2 Å². The van der Waals surface area contributed by atoms with Crippen LogP contribution in [0.5, 0.6) is 0 Å². The van der Waals surface area contributed by atoms with Gasteiger partial charge in [0, 0.05) is 0 Å². The van der Waals surface area contributed by atoms with Gasteiger partial charge in [-0.1, -0.05) is 23.3 Å². The normalized spacial score (nSPS) is 27.4. The van der Waals surface area contributed by atoms with Crippen molar-refractivity contribution in [2.75, 3.05) is 13.2 Å². The van der Waals surface area contributed by atoms with Crippen molar-refractivity contribution in [2.45, 2.75) is 65.0 Å². The van der Waals surface area contributed by atoms with Crippen LogP contribution in [0, 0.1) is 0 Å². The smallest absolute Gasteiger partial charge is 0.107 e. The lowest BCUT2D eigenvalue weighted by Gasteiger charge is -2.21. The molecule has 4 unspecified atom stereocenters. The monoisotopic (exact) mass is 266 g/mol. The summed E-state index contributed by atoms with van der Waals surface area (Å²) in [7, 11) is 0. The molecule has 2 aliphatic heterocycles. The van der Waals surface area contributed by atoms with Crippen LogP contribution >= 0.6 is 0 Å². The lowest BCUT2D eigenvalue weighted by Crippen LogP contribution is -2.29. The van der Waals surface area contributed by atoms with Gasteiger partial charge in [0.05, 0.1) is 25.4 Å². The molecule has 0 radical (unpaired) electrons. The lowest BCUT2D eigenvalue weighted by molar-refractivity contribution is -0.0346. The van der Waals surface area contributed by atoms with Crippen LogP contribution < -0.4 is 0 Å². The molecule has 0 aliphatic carbocycles. The average Bonchev–Trinajstić information content (AvgIpc) is 3.17. The topological polar surface area (TPSA) is 34.3 Å². The molecule has 2 rings (SSSR count). The van der Waals surface area contributed by atoms with Crippen LogP contribution in [0.25, 0.3) is 0 Å². The van der Waals surface area contributed by atoms with Crippen molar-refractivity contribution in [3.05, 3.63) is 23.3 Å². The van der Waals surface area contributed by atoms with Gasteiger partial charge in [-0.05, 0) is 40.5 Å². The average molecular weight is 266 g/mol. The van der Waals surface area contributed by atoms with Crippen LogP contribution in [0.4, 0.5) is 0 Å². The SMILES string of the molecule is CC(C)=CCC(OC(CC=C(C)C)C1CO1)C1CO1. The Hall–Kier alpha value is -0.640. The Morgan fingerprint density at radius 2 is 1.32 bits per heavy atom. The zero-order valence-corrected chi connectivity index (χ0v) is 12.5. The van der Waals surface area contributed by atoms with Crippen LogP contribution in [-0.2, 0) is 14.2 Å². The van der Waals surface area contributed by atoms with E-state index in [0.29, 0.717) is 0 Å². The van der Waals surface area contributed by atoms with Crippen LogP contribution in [-0.4, -0.2) is 37.6 Å². The summed E-state index contributed by atoms with van der Waals surface area (Å²) in [5.74, 6) is 0. The maximum atomic E-state index is 6.26. The molecule has 2 heterocycles. The third-order valence-corrected chi connectivity index (χ3v) is 3.41. The van der Waals surface area contributed by atoms with E-state index in [9.17, 15) is 0 Å². The predicted molar refractivity (Wildman–Crippen MR) is 76.2 cm³/mol. The van der Waals surface area contributed by atoms with Gasteiger partial charge in [0.25, 0.3) is 0 Å². The van der Waals surface area contributed by atoms with E-state index in [2.05, 4.69) is 39.8 Å². The number of epoxide rings is 2. The molecule has 0 amide bonds. The first-order valence-corrected chi connectivity index (χ1v) is 7.21.